The fraction of sp³-hybridized carbons (Fsp3) is 0.250. The highest BCUT2D eigenvalue weighted by Gasteiger charge is 2.37. The summed E-state index contributed by atoms with van der Waals surface area (Å²) in [5.41, 5.74) is 1.71. The molecule has 1 aliphatic carbocycles. The van der Waals surface area contributed by atoms with E-state index in [1.165, 1.54) is 0 Å². The van der Waals surface area contributed by atoms with Crippen molar-refractivity contribution in [1.82, 2.24) is 4.90 Å². The summed E-state index contributed by atoms with van der Waals surface area (Å²) in [4.78, 5) is 2.14. The van der Waals surface area contributed by atoms with Gasteiger partial charge < -0.3 is 0 Å². The van der Waals surface area contributed by atoms with Crippen LogP contribution in [-0.2, 0) is 9.84 Å². The second-order valence-corrected chi connectivity index (χ2v) is 10.9. The Morgan fingerprint density at radius 2 is 1.69 bits per heavy atom. The van der Waals surface area contributed by atoms with Gasteiger partial charge in [-0.05, 0) is 53.5 Å². The van der Waals surface area contributed by atoms with E-state index in [0.717, 1.165) is 36.4 Å². The molecule has 0 saturated carbocycles. The Hall–Kier alpha value is -1.99. The van der Waals surface area contributed by atoms with Gasteiger partial charge in [-0.1, -0.05) is 47.5 Å². The molecule has 0 bridgehead atoms. The minimum Gasteiger partial charge on any atom is -0.288 e. The molecule has 0 amide bonds. The van der Waals surface area contributed by atoms with Gasteiger partial charge in [0, 0.05) is 47.4 Å². The molecule has 2 aliphatic rings. The number of likely N-dealkylation sites (tertiary alicyclic amines) is 1. The van der Waals surface area contributed by atoms with Gasteiger partial charge in [-0.25, -0.2) is 17.2 Å². The molecule has 0 radical (unpaired) electrons. The maximum absolute atomic E-state index is 13.8. The second kappa shape index (κ2) is 9.10. The summed E-state index contributed by atoms with van der Waals surface area (Å²) in [6.07, 6.45) is 7.69. The molecule has 0 aromatic heterocycles. The zero-order chi connectivity index (χ0) is 23.0. The molecular weight excluding hydrogens is 475 g/mol. The smallest absolute Gasteiger partial charge is 0.176 e. The largest absolute Gasteiger partial charge is 0.288 e. The monoisotopic (exact) mass is 495 g/mol. The Kier molecular flexibility index (Phi) is 6.59. The van der Waals surface area contributed by atoms with E-state index in [4.69, 9.17) is 23.2 Å². The molecule has 4 rings (SSSR count). The van der Waals surface area contributed by atoms with Crippen LogP contribution in [0.25, 0.3) is 4.91 Å². The second-order valence-electron chi connectivity index (χ2n) is 8.11. The summed E-state index contributed by atoms with van der Waals surface area (Å²) in [5, 5.41) is 1.32. The van der Waals surface area contributed by atoms with Gasteiger partial charge >= 0.3 is 0 Å². The van der Waals surface area contributed by atoms with Crippen molar-refractivity contribution in [2.75, 3.05) is 19.3 Å². The number of hydrogen-bond donors (Lipinski definition) is 0. The fourth-order valence-electron chi connectivity index (χ4n) is 4.38. The first kappa shape index (κ1) is 23.2. The Bertz CT molecular complexity index is 1210. The number of sulfone groups is 1. The zero-order valence-electron chi connectivity index (χ0n) is 17.2. The lowest BCUT2D eigenvalue weighted by Crippen LogP contribution is -2.46. The van der Waals surface area contributed by atoms with Crippen LogP contribution < -0.4 is 0 Å². The minimum absolute atomic E-state index is 0.0101. The summed E-state index contributed by atoms with van der Waals surface area (Å²) in [6, 6.07) is 10.4. The summed E-state index contributed by atoms with van der Waals surface area (Å²) in [7, 11) is -3.70. The van der Waals surface area contributed by atoms with E-state index in [0.29, 0.717) is 28.7 Å². The van der Waals surface area contributed by atoms with Crippen molar-refractivity contribution in [2.45, 2.75) is 12.5 Å². The molecule has 1 fully saturated rings. The molecule has 0 N–H and O–H groups in total. The van der Waals surface area contributed by atoms with Crippen LogP contribution in [0.5, 0.6) is 0 Å². The van der Waals surface area contributed by atoms with Crippen LogP contribution in [0.4, 0.5) is 8.78 Å². The zero-order valence-corrected chi connectivity index (χ0v) is 19.6. The topological polar surface area (TPSA) is 37.4 Å². The van der Waals surface area contributed by atoms with E-state index in [1.54, 1.807) is 0 Å². The first-order chi connectivity index (χ1) is 15.1. The number of halogens is 4. The number of rotatable bonds is 5. The van der Waals surface area contributed by atoms with Crippen LogP contribution in [0.2, 0.25) is 5.02 Å². The number of benzene rings is 2. The average molecular weight is 496 g/mol. The van der Waals surface area contributed by atoms with Gasteiger partial charge in [-0.3, -0.25) is 4.90 Å². The highest BCUT2D eigenvalue weighted by atomic mass is 35.5. The summed E-state index contributed by atoms with van der Waals surface area (Å²) in [6.45, 7) is 0.741. The highest BCUT2D eigenvalue weighted by Crippen LogP contribution is 2.41. The maximum atomic E-state index is 13.8. The molecular formula is C24H21Cl2F2NO2S. The van der Waals surface area contributed by atoms with Crippen LogP contribution >= 0.6 is 23.2 Å². The standard InChI is InChI=1S/C24H21Cl2F2NO2S/c1-32(30,31)24(17-10-21(27)12-22(28)11-17)18-13-29(14-18)23(15-2-6-19(25)7-3-15)16-4-8-20(26)9-5-16/h2-4,6-12,16,23H,5,13-14H2,1H3. The Morgan fingerprint density at radius 1 is 1.06 bits per heavy atom. The Morgan fingerprint density at radius 3 is 2.22 bits per heavy atom. The quantitative estimate of drug-likeness (QED) is 0.500. The van der Waals surface area contributed by atoms with Crippen LogP contribution in [0.15, 0.2) is 71.3 Å². The Labute approximate surface area is 196 Å². The predicted molar refractivity (Wildman–Crippen MR) is 125 cm³/mol. The summed E-state index contributed by atoms with van der Waals surface area (Å²) >= 11 is 12.2. The van der Waals surface area contributed by atoms with Crippen molar-refractivity contribution in [3.8, 4) is 0 Å². The fourth-order valence-corrected chi connectivity index (χ4v) is 5.87. The molecule has 168 valence electrons. The van der Waals surface area contributed by atoms with Crippen LogP contribution in [0.3, 0.4) is 0 Å². The lowest BCUT2D eigenvalue weighted by molar-refractivity contribution is 0.140. The lowest BCUT2D eigenvalue weighted by Gasteiger charge is -2.44. The van der Waals surface area contributed by atoms with Crippen molar-refractivity contribution in [3.63, 3.8) is 0 Å². The lowest BCUT2D eigenvalue weighted by atomic mass is 9.84. The van der Waals surface area contributed by atoms with E-state index in [-0.39, 0.29) is 22.4 Å². The molecule has 1 saturated heterocycles. The van der Waals surface area contributed by atoms with Gasteiger partial charge in [0.05, 0.1) is 4.91 Å². The first-order valence-electron chi connectivity index (χ1n) is 10.0. The maximum Gasteiger partial charge on any atom is 0.176 e. The van der Waals surface area contributed by atoms with E-state index in [1.807, 2.05) is 36.4 Å². The predicted octanol–water partition coefficient (Wildman–Crippen LogP) is 6.13. The Balaban J connectivity index is 1.69. The summed E-state index contributed by atoms with van der Waals surface area (Å²) in [5.74, 6) is -1.49. The average Bonchev–Trinajstić information content (AvgIpc) is 2.67. The molecule has 2 unspecified atom stereocenters. The molecule has 2 atom stereocenters. The van der Waals surface area contributed by atoms with Crippen molar-refractivity contribution in [2.24, 2.45) is 5.92 Å². The molecule has 1 heterocycles. The normalized spacial score (nSPS) is 20.0. The van der Waals surface area contributed by atoms with E-state index in [2.05, 4.69) is 11.0 Å². The molecule has 32 heavy (non-hydrogen) atoms. The van der Waals surface area contributed by atoms with Gasteiger partial charge in [-0.2, -0.15) is 0 Å². The van der Waals surface area contributed by atoms with E-state index in [9.17, 15) is 17.2 Å². The molecule has 0 spiro atoms. The van der Waals surface area contributed by atoms with Crippen molar-refractivity contribution in [1.29, 1.82) is 0 Å². The molecule has 8 heteroatoms. The number of hydrogen-bond acceptors (Lipinski definition) is 3. The number of nitrogens with zero attached hydrogens (tertiary/aromatic N) is 1. The third-order valence-electron chi connectivity index (χ3n) is 5.70. The third kappa shape index (κ3) is 4.99. The molecule has 2 aromatic carbocycles. The van der Waals surface area contributed by atoms with Crippen LogP contribution in [0.1, 0.15) is 23.6 Å². The minimum atomic E-state index is -3.70. The van der Waals surface area contributed by atoms with Gasteiger partial charge in [0.25, 0.3) is 0 Å². The molecule has 3 nitrogen and oxygen atoms in total. The third-order valence-corrected chi connectivity index (χ3v) is 7.50. The highest BCUT2D eigenvalue weighted by molar-refractivity contribution is 8.00. The van der Waals surface area contributed by atoms with Crippen LogP contribution in [0, 0.1) is 17.6 Å². The molecule has 1 aliphatic heterocycles. The van der Waals surface area contributed by atoms with Crippen molar-refractivity contribution >= 4 is 37.9 Å². The van der Waals surface area contributed by atoms with Gasteiger partial charge in [0.1, 0.15) is 11.6 Å². The van der Waals surface area contributed by atoms with Gasteiger partial charge in [-0.15, -0.1) is 0 Å². The van der Waals surface area contributed by atoms with Gasteiger partial charge in [0.2, 0.25) is 0 Å². The summed E-state index contributed by atoms with van der Waals surface area (Å²) < 4.78 is 52.7. The van der Waals surface area contributed by atoms with Crippen molar-refractivity contribution in [3.05, 3.63) is 99.1 Å². The van der Waals surface area contributed by atoms with Crippen molar-refractivity contribution < 1.29 is 17.2 Å². The van der Waals surface area contributed by atoms with E-state index < -0.39 is 21.5 Å². The van der Waals surface area contributed by atoms with Crippen LogP contribution in [-0.4, -0.2) is 32.7 Å². The SMILES string of the molecule is CS(=O)(=O)C(=C1CN(C(c2ccc(Cl)cc2)C2C=CC(Cl)=CC2)C1)c1cc(F)cc(F)c1. The molecule has 2 aromatic rings. The number of allylic oxidation sites excluding steroid dienone is 3. The first-order valence-corrected chi connectivity index (χ1v) is 12.7. The van der Waals surface area contributed by atoms with E-state index >= 15 is 0 Å². The van der Waals surface area contributed by atoms with Gasteiger partial charge in [0.15, 0.2) is 9.84 Å².